The smallest absolute Gasteiger partial charge is 0.330 e. The Labute approximate surface area is 261 Å². The molecule has 1 unspecified atom stereocenters. The molecule has 2 aromatic carbocycles. The molecule has 43 heavy (non-hydrogen) atoms. The molecular formula is C37H56O6. The third-order valence-electron chi connectivity index (χ3n) is 8.59. The largest absolute Gasteiger partial charge is 0.494 e. The van der Waals surface area contributed by atoms with Gasteiger partial charge in [0, 0.05) is 31.1 Å². The van der Waals surface area contributed by atoms with Crippen LogP contribution >= 0.6 is 0 Å². The second kappa shape index (κ2) is 16.3. The Balaban J connectivity index is 1.84. The van der Waals surface area contributed by atoms with Gasteiger partial charge in [0.05, 0.1) is 31.0 Å². The molecule has 0 fully saturated rings. The van der Waals surface area contributed by atoms with E-state index in [1.165, 1.54) is 6.08 Å². The number of hydrogen-bond donors (Lipinski definition) is 0. The second-order valence-corrected chi connectivity index (χ2v) is 13.5. The van der Waals surface area contributed by atoms with Gasteiger partial charge in [-0.1, -0.05) is 63.2 Å². The number of carbonyl (C=O) groups is 1. The number of benzene rings is 2. The first kappa shape index (κ1) is 36.4. The molecule has 240 valence electrons. The molecule has 2 rings (SSSR count). The van der Waals surface area contributed by atoms with E-state index in [4.69, 9.17) is 23.7 Å². The summed E-state index contributed by atoms with van der Waals surface area (Å²) < 4.78 is 30.2. The Morgan fingerprint density at radius 2 is 1.47 bits per heavy atom. The monoisotopic (exact) mass is 596 g/mol. The molecule has 0 amide bonds. The predicted octanol–water partition coefficient (Wildman–Crippen LogP) is 8.93. The lowest BCUT2D eigenvalue weighted by atomic mass is 9.73. The highest BCUT2D eigenvalue weighted by Gasteiger charge is 2.41. The van der Waals surface area contributed by atoms with E-state index in [0.717, 1.165) is 42.7 Å². The second-order valence-electron chi connectivity index (χ2n) is 13.5. The topological polar surface area (TPSA) is 63.2 Å². The molecule has 6 heteroatoms. The van der Waals surface area contributed by atoms with Crippen LogP contribution in [0, 0.1) is 5.41 Å². The number of esters is 1. The van der Waals surface area contributed by atoms with Gasteiger partial charge in [0.1, 0.15) is 17.1 Å². The van der Waals surface area contributed by atoms with Gasteiger partial charge in [-0.05, 0) is 84.4 Å². The van der Waals surface area contributed by atoms with Crippen molar-refractivity contribution in [2.24, 2.45) is 5.41 Å². The van der Waals surface area contributed by atoms with Gasteiger partial charge >= 0.3 is 5.97 Å². The van der Waals surface area contributed by atoms with Crippen molar-refractivity contribution in [3.05, 3.63) is 72.8 Å². The van der Waals surface area contributed by atoms with E-state index in [-0.39, 0.29) is 16.9 Å². The third-order valence-corrected chi connectivity index (χ3v) is 8.59. The van der Waals surface area contributed by atoms with Crippen LogP contribution in [-0.2, 0) is 19.0 Å². The quantitative estimate of drug-likeness (QED) is 0.0864. The fraction of sp³-hybridized carbons (Fsp3) is 0.595. The lowest BCUT2D eigenvalue weighted by Gasteiger charge is -2.44. The molecule has 0 aliphatic rings. The summed E-state index contributed by atoms with van der Waals surface area (Å²) in [5, 5.41) is 0. The zero-order valence-electron chi connectivity index (χ0n) is 28.2. The van der Waals surface area contributed by atoms with E-state index in [2.05, 4.69) is 60.3 Å². The molecule has 6 nitrogen and oxygen atoms in total. The van der Waals surface area contributed by atoms with Gasteiger partial charge in [0.2, 0.25) is 0 Å². The SMILES string of the molecule is C=CC(=O)OC(C)(C)C(COC(C)(C)C(C)(C)CCCCOC(C)(C)CCOc1cccc(OCC)c1)c1ccccc1. The van der Waals surface area contributed by atoms with E-state index < -0.39 is 17.2 Å². The molecule has 0 aliphatic heterocycles. The van der Waals surface area contributed by atoms with Crippen LogP contribution in [0.5, 0.6) is 11.5 Å². The molecule has 0 saturated carbocycles. The summed E-state index contributed by atoms with van der Waals surface area (Å²) in [6.07, 6.45) is 4.99. The van der Waals surface area contributed by atoms with E-state index in [9.17, 15) is 4.79 Å². The highest BCUT2D eigenvalue weighted by molar-refractivity contribution is 5.81. The van der Waals surface area contributed by atoms with E-state index in [1.54, 1.807) is 0 Å². The van der Waals surface area contributed by atoms with Gasteiger partial charge in [-0.15, -0.1) is 0 Å². The van der Waals surface area contributed by atoms with Crippen LogP contribution in [0.15, 0.2) is 67.3 Å². The predicted molar refractivity (Wildman–Crippen MR) is 175 cm³/mol. The van der Waals surface area contributed by atoms with Crippen LogP contribution < -0.4 is 9.47 Å². The van der Waals surface area contributed by atoms with Crippen molar-refractivity contribution in [3.8, 4) is 11.5 Å². The van der Waals surface area contributed by atoms with Crippen LogP contribution in [-0.4, -0.2) is 49.2 Å². The molecule has 1 atom stereocenters. The number of hydrogen-bond acceptors (Lipinski definition) is 6. The normalized spacial score (nSPS) is 13.3. The van der Waals surface area contributed by atoms with E-state index in [0.29, 0.717) is 26.4 Å². The Bertz CT molecular complexity index is 1120. The average Bonchev–Trinajstić information content (AvgIpc) is 2.93. The van der Waals surface area contributed by atoms with Gasteiger partial charge in [-0.25, -0.2) is 4.79 Å². The zero-order valence-corrected chi connectivity index (χ0v) is 28.2. The summed E-state index contributed by atoms with van der Waals surface area (Å²) in [5.74, 6) is 1.06. The minimum absolute atomic E-state index is 0.0877. The van der Waals surface area contributed by atoms with Crippen molar-refractivity contribution in [1.29, 1.82) is 0 Å². The van der Waals surface area contributed by atoms with Gasteiger partial charge < -0.3 is 23.7 Å². The molecule has 0 aromatic heterocycles. The highest BCUT2D eigenvalue weighted by atomic mass is 16.6. The van der Waals surface area contributed by atoms with E-state index in [1.807, 2.05) is 63.2 Å². The maximum Gasteiger partial charge on any atom is 0.330 e. The van der Waals surface area contributed by atoms with Crippen LogP contribution in [0.1, 0.15) is 99.5 Å². The number of unbranched alkanes of at least 4 members (excludes halogenated alkanes) is 1. The zero-order chi connectivity index (χ0) is 32.2. The fourth-order valence-corrected chi connectivity index (χ4v) is 4.87. The van der Waals surface area contributed by atoms with Gasteiger partial charge in [-0.3, -0.25) is 0 Å². The molecule has 0 spiro atoms. The van der Waals surface area contributed by atoms with Crippen LogP contribution in [0.3, 0.4) is 0 Å². The summed E-state index contributed by atoms with van der Waals surface area (Å²) in [7, 11) is 0. The molecular weight excluding hydrogens is 540 g/mol. The van der Waals surface area contributed by atoms with Crippen molar-refractivity contribution in [3.63, 3.8) is 0 Å². The Morgan fingerprint density at radius 3 is 2.09 bits per heavy atom. The number of carbonyl (C=O) groups excluding carboxylic acids is 1. The number of ether oxygens (including phenoxy) is 5. The molecule has 0 aliphatic carbocycles. The highest BCUT2D eigenvalue weighted by Crippen LogP contribution is 2.41. The summed E-state index contributed by atoms with van der Waals surface area (Å²) in [6, 6.07) is 17.9. The lowest BCUT2D eigenvalue weighted by Crippen LogP contribution is -2.45. The van der Waals surface area contributed by atoms with Crippen molar-refractivity contribution in [2.45, 2.75) is 111 Å². The van der Waals surface area contributed by atoms with Crippen LogP contribution in [0.4, 0.5) is 0 Å². The standard InChI is InChI=1S/C37H56O6/c1-11-33(38)43-36(7,8)32(29-19-14-13-15-20-29)28-42-37(9,10)34(3,4)23-16-17-25-41-35(5,6)24-26-40-31-22-18-21-30(27-31)39-12-2/h11,13-15,18-22,27,32H,1,12,16-17,23-26,28H2,2-10H3. The minimum Gasteiger partial charge on any atom is -0.494 e. The van der Waals surface area contributed by atoms with E-state index >= 15 is 0 Å². The molecule has 0 heterocycles. The van der Waals surface area contributed by atoms with Gasteiger partial charge in [0.25, 0.3) is 0 Å². The first-order valence-corrected chi connectivity index (χ1v) is 15.7. The van der Waals surface area contributed by atoms with Crippen LogP contribution in [0.25, 0.3) is 0 Å². The molecule has 0 radical (unpaired) electrons. The maximum atomic E-state index is 12.1. The summed E-state index contributed by atoms with van der Waals surface area (Å²) in [5.41, 5.74) is -0.466. The minimum atomic E-state index is -0.768. The molecule has 0 N–H and O–H groups in total. The fourth-order valence-electron chi connectivity index (χ4n) is 4.87. The van der Waals surface area contributed by atoms with Crippen LogP contribution in [0.2, 0.25) is 0 Å². The van der Waals surface area contributed by atoms with Crippen molar-refractivity contribution in [2.75, 3.05) is 26.4 Å². The average molecular weight is 597 g/mol. The first-order valence-electron chi connectivity index (χ1n) is 15.7. The number of rotatable bonds is 20. The van der Waals surface area contributed by atoms with Crippen molar-refractivity contribution >= 4 is 5.97 Å². The molecule has 0 saturated heterocycles. The maximum absolute atomic E-state index is 12.1. The molecule has 0 bridgehead atoms. The van der Waals surface area contributed by atoms with Gasteiger partial charge in [-0.2, -0.15) is 0 Å². The van der Waals surface area contributed by atoms with Crippen molar-refractivity contribution < 1.29 is 28.5 Å². The Kier molecular flexibility index (Phi) is 13.8. The Morgan fingerprint density at radius 1 is 0.814 bits per heavy atom. The summed E-state index contributed by atoms with van der Waals surface area (Å²) in [4.78, 5) is 12.1. The van der Waals surface area contributed by atoms with Crippen molar-refractivity contribution in [1.82, 2.24) is 0 Å². The summed E-state index contributed by atoms with van der Waals surface area (Å²) >= 11 is 0. The summed E-state index contributed by atoms with van der Waals surface area (Å²) in [6.45, 7) is 24.8. The first-order chi connectivity index (χ1) is 20.1. The Hall–Kier alpha value is -2.83. The van der Waals surface area contributed by atoms with Gasteiger partial charge in [0.15, 0.2) is 0 Å². The third kappa shape index (κ3) is 12.0. The lowest BCUT2D eigenvalue weighted by molar-refractivity contribution is -0.159. The molecule has 2 aromatic rings.